The van der Waals surface area contributed by atoms with E-state index in [0.717, 1.165) is 15.8 Å². The molecule has 0 heterocycles. The molecule has 0 saturated carbocycles. The Labute approximate surface area is 104 Å². The number of Topliss-reactive ketones (excluding diaryl/α,β-unsaturated/α-hetero) is 1. The highest BCUT2D eigenvalue weighted by Crippen LogP contribution is 2.15. The van der Waals surface area contributed by atoms with E-state index < -0.39 is 0 Å². The number of thioether (sulfide) groups is 1. The van der Waals surface area contributed by atoms with Crippen LogP contribution in [-0.2, 0) is 0 Å². The van der Waals surface area contributed by atoms with Crippen molar-refractivity contribution in [2.24, 2.45) is 5.92 Å². The van der Waals surface area contributed by atoms with E-state index in [0.29, 0.717) is 11.7 Å². The molecule has 15 heavy (non-hydrogen) atoms. The van der Waals surface area contributed by atoms with Crippen molar-refractivity contribution in [1.82, 2.24) is 0 Å². The number of benzene rings is 1. The molecule has 0 amide bonds. The van der Waals surface area contributed by atoms with E-state index in [9.17, 15) is 4.79 Å². The minimum atomic E-state index is 0.210. The topological polar surface area (TPSA) is 17.1 Å². The SMILES string of the molecule is CC(C)CSCC(=O)c1cccc(Br)c1. The van der Waals surface area contributed by atoms with Crippen molar-refractivity contribution < 1.29 is 4.79 Å². The Morgan fingerprint density at radius 1 is 1.47 bits per heavy atom. The highest BCUT2D eigenvalue weighted by Gasteiger charge is 2.06. The summed E-state index contributed by atoms with van der Waals surface area (Å²) in [5.74, 6) is 2.47. The van der Waals surface area contributed by atoms with E-state index in [1.807, 2.05) is 24.3 Å². The second-order valence-electron chi connectivity index (χ2n) is 3.84. The number of carbonyl (C=O) groups is 1. The van der Waals surface area contributed by atoms with Gasteiger partial charge in [0.2, 0.25) is 0 Å². The predicted octanol–water partition coefficient (Wildman–Crippen LogP) is 4.02. The fraction of sp³-hybridized carbons (Fsp3) is 0.417. The largest absolute Gasteiger partial charge is 0.293 e. The van der Waals surface area contributed by atoms with E-state index in [1.165, 1.54) is 0 Å². The molecule has 0 aliphatic heterocycles. The van der Waals surface area contributed by atoms with Crippen molar-refractivity contribution in [3.05, 3.63) is 34.3 Å². The van der Waals surface area contributed by atoms with E-state index >= 15 is 0 Å². The third-order valence-electron chi connectivity index (χ3n) is 1.83. The maximum absolute atomic E-state index is 11.7. The van der Waals surface area contributed by atoms with Gasteiger partial charge in [-0.2, -0.15) is 11.8 Å². The Kier molecular flexibility index (Phi) is 5.40. The Hall–Kier alpha value is -0.280. The van der Waals surface area contributed by atoms with Crippen molar-refractivity contribution in [3.8, 4) is 0 Å². The van der Waals surface area contributed by atoms with Crippen molar-refractivity contribution in [3.63, 3.8) is 0 Å². The molecule has 1 aromatic carbocycles. The van der Waals surface area contributed by atoms with Crippen LogP contribution in [0.15, 0.2) is 28.7 Å². The van der Waals surface area contributed by atoms with Gasteiger partial charge in [0.15, 0.2) is 5.78 Å². The fourth-order valence-electron chi connectivity index (χ4n) is 1.13. The molecule has 82 valence electrons. The van der Waals surface area contributed by atoms with Crippen LogP contribution in [0.1, 0.15) is 24.2 Å². The normalized spacial score (nSPS) is 10.7. The Morgan fingerprint density at radius 2 is 2.20 bits per heavy atom. The van der Waals surface area contributed by atoms with Gasteiger partial charge in [0.1, 0.15) is 0 Å². The van der Waals surface area contributed by atoms with E-state index in [4.69, 9.17) is 0 Å². The van der Waals surface area contributed by atoms with Gasteiger partial charge in [-0.3, -0.25) is 4.79 Å². The van der Waals surface area contributed by atoms with Gasteiger partial charge < -0.3 is 0 Å². The average molecular weight is 287 g/mol. The molecule has 3 heteroatoms. The van der Waals surface area contributed by atoms with E-state index in [2.05, 4.69) is 29.8 Å². The molecule has 0 aliphatic carbocycles. The first-order valence-corrected chi connectivity index (χ1v) is 6.91. The third-order valence-corrected chi connectivity index (χ3v) is 3.69. The summed E-state index contributed by atoms with van der Waals surface area (Å²) in [6.07, 6.45) is 0. The van der Waals surface area contributed by atoms with Gasteiger partial charge >= 0.3 is 0 Å². The smallest absolute Gasteiger partial charge is 0.172 e. The second-order valence-corrected chi connectivity index (χ2v) is 5.79. The number of halogens is 1. The number of ketones is 1. The Balaban J connectivity index is 2.47. The zero-order valence-corrected chi connectivity index (χ0v) is 11.4. The molecule has 0 bridgehead atoms. The van der Waals surface area contributed by atoms with Crippen LogP contribution in [0.5, 0.6) is 0 Å². The number of rotatable bonds is 5. The van der Waals surface area contributed by atoms with E-state index in [-0.39, 0.29) is 5.78 Å². The third kappa shape index (κ3) is 4.85. The summed E-state index contributed by atoms with van der Waals surface area (Å²) in [5, 5.41) is 0. The zero-order valence-electron chi connectivity index (χ0n) is 9.00. The van der Waals surface area contributed by atoms with Gasteiger partial charge in [-0.1, -0.05) is 41.9 Å². The van der Waals surface area contributed by atoms with Gasteiger partial charge in [-0.15, -0.1) is 0 Å². The van der Waals surface area contributed by atoms with Crippen LogP contribution in [0.2, 0.25) is 0 Å². The fourth-order valence-corrected chi connectivity index (χ4v) is 2.47. The minimum Gasteiger partial charge on any atom is -0.293 e. The summed E-state index contributed by atoms with van der Waals surface area (Å²) in [4.78, 5) is 11.7. The molecular weight excluding hydrogens is 272 g/mol. The number of hydrogen-bond donors (Lipinski definition) is 0. The zero-order chi connectivity index (χ0) is 11.3. The lowest BCUT2D eigenvalue weighted by Crippen LogP contribution is -2.04. The lowest BCUT2D eigenvalue weighted by molar-refractivity contribution is 0.102. The number of carbonyl (C=O) groups excluding carboxylic acids is 1. The molecular formula is C12H15BrOS. The van der Waals surface area contributed by atoms with Gasteiger partial charge in [0.25, 0.3) is 0 Å². The molecule has 0 aromatic heterocycles. The monoisotopic (exact) mass is 286 g/mol. The van der Waals surface area contributed by atoms with Crippen molar-refractivity contribution in [2.45, 2.75) is 13.8 Å². The van der Waals surface area contributed by atoms with Gasteiger partial charge in [0, 0.05) is 10.0 Å². The van der Waals surface area contributed by atoms with Gasteiger partial charge in [-0.05, 0) is 23.8 Å². The van der Waals surface area contributed by atoms with Crippen molar-refractivity contribution in [1.29, 1.82) is 0 Å². The van der Waals surface area contributed by atoms with Crippen LogP contribution in [0.25, 0.3) is 0 Å². The second kappa shape index (κ2) is 6.33. The highest BCUT2D eigenvalue weighted by molar-refractivity contribution is 9.10. The molecule has 0 unspecified atom stereocenters. The van der Waals surface area contributed by atoms with Crippen LogP contribution in [-0.4, -0.2) is 17.3 Å². The van der Waals surface area contributed by atoms with Crippen LogP contribution in [0.4, 0.5) is 0 Å². The first-order chi connectivity index (χ1) is 7.09. The summed E-state index contributed by atoms with van der Waals surface area (Å²) in [6.45, 7) is 4.33. The molecule has 1 nitrogen and oxygen atoms in total. The predicted molar refractivity (Wildman–Crippen MR) is 70.6 cm³/mol. The van der Waals surface area contributed by atoms with Crippen LogP contribution in [0.3, 0.4) is 0 Å². The van der Waals surface area contributed by atoms with Crippen LogP contribution >= 0.6 is 27.7 Å². The molecule has 0 atom stereocenters. The van der Waals surface area contributed by atoms with Gasteiger partial charge in [0.05, 0.1) is 5.75 Å². The summed E-state index contributed by atoms with van der Waals surface area (Å²) < 4.78 is 0.960. The average Bonchev–Trinajstić information content (AvgIpc) is 2.17. The van der Waals surface area contributed by atoms with Gasteiger partial charge in [-0.25, -0.2) is 0 Å². The van der Waals surface area contributed by atoms with Crippen molar-refractivity contribution >= 4 is 33.5 Å². The highest BCUT2D eigenvalue weighted by atomic mass is 79.9. The Bertz CT molecular complexity index is 336. The summed E-state index contributed by atoms with van der Waals surface area (Å²) >= 11 is 5.07. The first kappa shape index (κ1) is 12.8. The molecule has 0 aliphatic rings. The molecule has 0 N–H and O–H groups in total. The molecule has 0 saturated heterocycles. The first-order valence-electron chi connectivity index (χ1n) is 4.96. The summed E-state index contributed by atoms with van der Waals surface area (Å²) in [5.41, 5.74) is 0.792. The molecule has 0 radical (unpaired) electrons. The summed E-state index contributed by atoms with van der Waals surface area (Å²) in [7, 11) is 0. The minimum absolute atomic E-state index is 0.210. The van der Waals surface area contributed by atoms with Crippen LogP contribution in [0, 0.1) is 5.92 Å². The summed E-state index contributed by atoms with van der Waals surface area (Å²) in [6, 6.07) is 7.56. The quantitative estimate of drug-likeness (QED) is 0.761. The van der Waals surface area contributed by atoms with Crippen LogP contribution < -0.4 is 0 Å². The molecule has 0 spiro atoms. The standard InChI is InChI=1S/C12H15BrOS/c1-9(2)7-15-8-12(14)10-4-3-5-11(13)6-10/h3-6,9H,7-8H2,1-2H3. The van der Waals surface area contributed by atoms with Crippen molar-refractivity contribution in [2.75, 3.05) is 11.5 Å². The van der Waals surface area contributed by atoms with E-state index in [1.54, 1.807) is 11.8 Å². The maximum atomic E-state index is 11.7. The maximum Gasteiger partial charge on any atom is 0.172 e. The lowest BCUT2D eigenvalue weighted by atomic mass is 10.2. The molecule has 0 fully saturated rings. The lowest BCUT2D eigenvalue weighted by Gasteiger charge is -2.04. The molecule has 1 rings (SSSR count). The number of hydrogen-bond acceptors (Lipinski definition) is 2. The molecule has 1 aromatic rings. The Morgan fingerprint density at radius 3 is 2.80 bits per heavy atom.